The summed E-state index contributed by atoms with van der Waals surface area (Å²) in [5.74, 6) is -0.532. The predicted molar refractivity (Wildman–Crippen MR) is 114 cm³/mol. The van der Waals surface area contributed by atoms with Crippen molar-refractivity contribution >= 4 is 28.4 Å². The molecular formula is C24H23N3O4. The van der Waals surface area contributed by atoms with Gasteiger partial charge in [-0.2, -0.15) is 0 Å². The van der Waals surface area contributed by atoms with Gasteiger partial charge in [-0.15, -0.1) is 0 Å². The number of nitrogens with one attached hydrogen (secondary N) is 1. The van der Waals surface area contributed by atoms with Crippen molar-refractivity contribution in [3.63, 3.8) is 0 Å². The van der Waals surface area contributed by atoms with E-state index in [1.165, 1.54) is 9.96 Å². The van der Waals surface area contributed by atoms with E-state index in [1.807, 2.05) is 18.2 Å². The molecule has 0 saturated heterocycles. The van der Waals surface area contributed by atoms with E-state index in [4.69, 9.17) is 0 Å². The van der Waals surface area contributed by atoms with Crippen LogP contribution >= 0.6 is 0 Å². The van der Waals surface area contributed by atoms with Crippen molar-refractivity contribution in [3.05, 3.63) is 58.0 Å². The van der Waals surface area contributed by atoms with Crippen LogP contribution in [-0.4, -0.2) is 31.9 Å². The van der Waals surface area contributed by atoms with Crippen molar-refractivity contribution in [2.24, 2.45) is 5.41 Å². The van der Waals surface area contributed by atoms with Crippen molar-refractivity contribution in [2.75, 3.05) is 0 Å². The normalized spacial score (nSPS) is 27.1. The zero-order valence-corrected chi connectivity index (χ0v) is 17.1. The third-order valence-electron chi connectivity index (χ3n) is 7.63. The number of carboxylic acid groups (broad SMARTS) is 1. The lowest BCUT2D eigenvalue weighted by Crippen LogP contribution is -2.45. The summed E-state index contributed by atoms with van der Waals surface area (Å²) >= 11 is 0. The number of pyridine rings is 1. The highest BCUT2D eigenvalue weighted by atomic mass is 16.4. The van der Waals surface area contributed by atoms with Crippen LogP contribution in [0.2, 0.25) is 0 Å². The van der Waals surface area contributed by atoms with Crippen LogP contribution in [0.25, 0.3) is 16.6 Å². The summed E-state index contributed by atoms with van der Waals surface area (Å²) in [5.41, 5.74) is 1.04. The van der Waals surface area contributed by atoms with Gasteiger partial charge in [-0.3, -0.25) is 18.8 Å². The summed E-state index contributed by atoms with van der Waals surface area (Å²) in [6, 6.07) is 9.18. The van der Waals surface area contributed by atoms with Gasteiger partial charge in [0, 0.05) is 11.7 Å². The second-order valence-electron chi connectivity index (χ2n) is 9.58. The van der Waals surface area contributed by atoms with Gasteiger partial charge in [-0.05, 0) is 80.7 Å². The molecule has 158 valence electrons. The molecule has 0 aliphatic heterocycles. The second kappa shape index (κ2) is 6.15. The minimum atomic E-state index is -0.767. The molecule has 3 aromatic rings. The summed E-state index contributed by atoms with van der Waals surface area (Å²) in [5, 5.41) is 13.3. The van der Waals surface area contributed by atoms with E-state index >= 15 is 0 Å². The number of aromatic nitrogens is 2. The first-order valence-electron chi connectivity index (χ1n) is 10.9. The Morgan fingerprint density at radius 2 is 1.90 bits per heavy atom. The first-order chi connectivity index (χ1) is 14.9. The Bertz CT molecular complexity index is 1330. The van der Waals surface area contributed by atoms with E-state index in [-0.39, 0.29) is 11.5 Å². The van der Waals surface area contributed by atoms with E-state index in [1.54, 1.807) is 18.3 Å². The molecule has 0 spiro atoms. The second-order valence-corrected chi connectivity index (χ2v) is 9.58. The quantitative estimate of drug-likeness (QED) is 0.635. The lowest BCUT2D eigenvalue weighted by atomic mass is 9.84. The zero-order valence-electron chi connectivity index (χ0n) is 17.1. The molecule has 3 saturated carbocycles. The molecule has 7 nitrogen and oxygen atoms in total. The number of aliphatic carboxylic acids is 1. The molecule has 0 radical (unpaired) electrons. The van der Waals surface area contributed by atoms with Crippen LogP contribution in [0.15, 0.2) is 41.3 Å². The van der Waals surface area contributed by atoms with E-state index in [2.05, 4.69) is 10.3 Å². The summed E-state index contributed by atoms with van der Waals surface area (Å²) in [6.45, 7) is 0. The van der Waals surface area contributed by atoms with E-state index < -0.39 is 16.9 Å². The number of nitrogens with zero attached hydrogens (tertiary/aromatic N) is 2. The van der Waals surface area contributed by atoms with Gasteiger partial charge in [0.2, 0.25) is 0 Å². The fourth-order valence-corrected chi connectivity index (χ4v) is 5.67. The Balaban J connectivity index is 1.40. The van der Waals surface area contributed by atoms with Gasteiger partial charge < -0.3 is 10.4 Å². The van der Waals surface area contributed by atoms with Crippen LogP contribution in [0.4, 0.5) is 0 Å². The fourth-order valence-electron chi connectivity index (χ4n) is 5.67. The number of fused-ring (bicyclic) bond motifs is 4. The highest BCUT2D eigenvalue weighted by Gasteiger charge is 2.58. The fraction of sp³-hybridized carbons (Fsp3) is 0.417. The van der Waals surface area contributed by atoms with E-state index in [9.17, 15) is 19.5 Å². The van der Waals surface area contributed by atoms with Crippen molar-refractivity contribution in [1.29, 1.82) is 0 Å². The van der Waals surface area contributed by atoms with Crippen LogP contribution in [0.3, 0.4) is 0 Å². The predicted octanol–water partition coefficient (Wildman–Crippen LogP) is 3.24. The molecule has 0 atom stereocenters. The highest BCUT2D eigenvalue weighted by molar-refractivity contribution is 6.01. The molecule has 7 heteroatoms. The van der Waals surface area contributed by atoms with Gasteiger partial charge >= 0.3 is 5.97 Å². The molecular weight excluding hydrogens is 394 g/mol. The number of hydrogen-bond donors (Lipinski definition) is 2. The van der Waals surface area contributed by atoms with Crippen molar-refractivity contribution in [3.8, 4) is 0 Å². The zero-order chi connectivity index (χ0) is 21.4. The SMILES string of the molecule is O=C(NC12CCC(C(=O)O)(CC1)C2)c1cccn2c(=O)c3cc(C4CC4)ccc3nc12. The third-order valence-corrected chi connectivity index (χ3v) is 7.63. The van der Waals surface area contributed by atoms with Crippen LogP contribution in [0.1, 0.15) is 66.8 Å². The first-order valence-corrected chi connectivity index (χ1v) is 10.9. The van der Waals surface area contributed by atoms with Gasteiger partial charge in [0.15, 0.2) is 5.65 Å². The Morgan fingerprint density at radius 3 is 2.58 bits per heavy atom. The van der Waals surface area contributed by atoms with Gasteiger partial charge in [0.25, 0.3) is 11.5 Å². The van der Waals surface area contributed by atoms with Crippen molar-refractivity contribution in [1.82, 2.24) is 14.7 Å². The smallest absolute Gasteiger partial charge is 0.309 e. The van der Waals surface area contributed by atoms with Gasteiger partial charge in [-0.25, -0.2) is 4.98 Å². The van der Waals surface area contributed by atoms with Gasteiger partial charge in [-0.1, -0.05) is 6.07 Å². The number of carboxylic acids is 1. The van der Waals surface area contributed by atoms with Gasteiger partial charge in [0.05, 0.1) is 21.9 Å². The van der Waals surface area contributed by atoms with Crippen LogP contribution < -0.4 is 10.9 Å². The minimum absolute atomic E-state index is 0.179. The summed E-state index contributed by atoms with van der Waals surface area (Å²) in [4.78, 5) is 42.8. The van der Waals surface area contributed by atoms with Crippen molar-refractivity contribution in [2.45, 2.75) is 56.4 Å². The maximum Gasteiger partial charge on any atom is 0.309 e. The maximum atomic E-state index is 13.3. The monoisotopic (exact) mass is 417 g/mol. The third kappa shape index (κ3) is 2.72. The number of amides is 1. The number of carbonyl (C=O) groups is 2. The lowest BCUT2D eigenvalue weighted by Gasteiger charge is -2.28. The van der Waals surface area contributed by atoms with Crippen LogP contribution in [0.5, 0.6) is 0 Å². The molecule has 2 bridgehead atoms. The molecule has 2 N–H and O–H groups in total. The van der Waals surface area contributed by atoms with Crippen LogP contribution in [-0.2, 0) is 4.79 Å². The first kappa shape index (κ1) is 18.5. The molecule has 2 aromatic heterocycles. The summed E-state index contributed by atoms with van der Waals surface area (Å²) in [6.07, 6.45) is 6.92. The Labute approximate surface area is 178 Å². The highest BCUT2D eigenvalue weighted by Crippen LogP contribution is 2.56. The lowest BCUT2D eigenvalue weighted by molar-refractivity contribution is -0.148. The van der Waals surface area contributed by atoms with Crippen LogP contribution in [0, 0.1) is 5.41 Å². The Kier molecular flexibility index (Phi) is 3.68. The van der Waals surface area contributed by atoms with E-state index in [0.29, 0.717) is 60.1 Å². The standard InChI is InChI=1S/C24H23N3O4/c28-20(26-24-9-7-23(13-24,8-10-24)22(30)31)16-2-1-11-27-19(16)25-18-6-5-15(14-3-4-14)12-17(18)21(27)29/h1-2,5-6,11-12,14H,3-4,7-10,13H2,(H,26,28)(H,30,31). The number of hydrogen-bond acceptors (Lipinski definition) is 4. The summed E-state index contributed by atoms with van der Waals surface area (Å²) < 4.78 is 1.44. The Hall–Kier alpha value is -3.22. The molecule has 3 aliphatic rings. The average molecular weight is 417 g/mol. The average Bonchev–Trinajstić information content (AvgIpc) is 3.46. The van der Waals surface area contributed by atoms with Gasteiger partial charge in [0.1, 0.15) is 0 Å². The Morgan fingerprint density at radius 1 is 1.13 bits per heavy atom. The molecule has 0 unspecified atom stereocenters. The molecule has 2 heterocycles. The van der Waals surface area contributed by atoms with Crippen molar-refractivity contribution < 1.29 is 14.7 Å². The number of rotatable bonds is 4. The largest absolute Gasteiger partial charge is 0.481 e. The molecule has 1 amide bonds. The maximum absolute atomic E-state index is 13.3. The van der Waals surface area contributed by atoms with E-state index in [0.717, 1.165) is 12.8 Å². The number of benzene rings is 1. The summed E-state index contributed by atoms with van der Waals surface area (Å²) in [7, 11) is 0. The molecule has 6 rings (SSSR count). The molecule has 1 aromatic carbocycles. The minimum Gasteiger partial charge on any atom is -0.481 e. The molecule has 31 heavy (non-hydrogen) atoms. The number of carbonyl (C=O) groups excluding carboxylic acids is 1. The molecule has 3 fully saturated rings. The topological polar surface area (TPSA) is 101 Å². The molecule has 3 aliphatic carbocycles.